The molecule has 7 nitrogen and oxygen atoms in total. The van der Waals surface area contributed by atoms with Crippen LogP contribution in [0.25, 0.3) is 11.1 Å². The third-order valence-corrected chi connectivity index (χ3v) is 9.80. The van der Waals surface area contributed by atoms with Crippen molar-refractivity contribution >= 4 is 5.97 Å². The number of pyridine rings is 1. The van der Waals surface area contributed by atoms with Crippen LogP contribution in [-0.4, -0.2) is 35.0 Å². The Labute approximate surface area is 249 Å². The van der Waals surface area contributed by atoms with E-state index in [0.29, 0.717) is 11.8 Å². The molecule has 3 atom stereocenters. The maximum Gasteiger partial charge on any atom is 0.369 e. The Bertz CT molecular complexity index is 1450. The van der Waals surface area contributed by atoms with Gasteiger partial charge in [-0.1, -0.05) is 31.2 Å². The second kappa shape index (κ2) is 11.7. The van der Waals surface area contributed by atoms with Gasteiger partial charge in [0.05, 0.1) is 13.0 Å². The van der Waals surface area contributed by atoms with Crippen molar-refractivity contribution < 1.29 is 25.0 Å². The van der Waals surface area contributed by atoms with Crippen molar-refractivity contribution in [3.63, 3.8) is 0 Å². The summed E-state index contributed by atoms with van der Waals surface area (Å²) in [7, 11) is 1.65. The molecule has 1 aliphatic carbocycles. The highest BCUT2D eigenvalue weighted by molar-refractivity contribution is 5.73. The fourth-order valence-electron chi connectivity index (χ4n) is 7.11. The van der Waals surface area contributed by atoms with E-state index in [9.17, 15) is 4.79 Å². The summed E-state index contributed by atoms with van der Waals surface area (Å²) in [4.78, 5) is 24.2. The molecule has 3 aliphatic rings. The highest BCUT2D eigenvalue weighted by Gasteiger charge is 2.40. The fourth-order valence-corrected chi connectivity index (χ4v) is 7.11. The first-order valence-corrected chi connectivity index (χ1v) is 15.4. The van der Waals surface area contributed by atoms with Crippen LogP contribution in [0.1, 0.15) is 87.2 Å². The summed E-state index contributed by atoms with van der Waals surface area (Å²) in [5.74, 6) is 5.09. The largest absolute Gasteiger partial charge is 0.485 e. The number of fused-ring (bicyclic) bond motifs is 1. The summed E-state index contributed by atoms with van der Waals surface area (Å²) in [6, 6.07) is 17.4. The Morgan fingerprint density at radius 3 is 2.64 bits per heavy atom. The van der Waals surface area contributed by atoms with Gasteiger partial charge >= 0.3 is 5.97 Å². The van der Waals surface area contributed by atoms with Crippen LogP contribution < -0.4 is 15.4 Å². The fraction of sp³-hybridized carbons (Fsp3) is 0.486. The summed E-state index contributed by atoms with van der Waals surface area (Å²) in [5, 5.41) is 0. The highest BCUT2D eigenvalue weighted by atomic mass is 16.7. The minimum Gasteiger partial charge on any atom is -0.485 e. The third kappa shape index (κ3) is 5.77. The molecule has 2 aliphatic heterocycles. The molecule has 3 unspecified atom stereocenters. The number of ether oxygens (including phenoxy) is 2. The quantitative estimate of drug-likeness (QED) is 0.316. The molecule has 0 bridgehead atoms. The van der Waals surface area contributed by atoms with Gasteiger partial charge < -0.3 is 9.47 Å². The molecule has 0 amide bonds. The molecule has 3 N–H and O–H groups in total. The molecule has 2 aromatic carbocycles. The van der Waals surface area contributed by atoms with Crippen LogP contribution >= 0.6 is 0 Å². The minimum absolute atomic E-state index is 0.0314. The molecule has 2 fully saturated rings. The van der Waals surface area contributed by atoms with Gasteiger partial charge in [-0.2, -0.15) is 5.90 Å². The summed E-state index contributed by atoms with van der Waals surface area (Å²) in [6.45, 7) is 8.67. The zero-order chi connectivity index (χ0) is 29.4. The number of hydrogen-bond acceptors (Lipinski definition) is 6. The van der Waals surface area contributed by atoms with E-state index in [1.165, 1.54) is 29.5 Å². The number of carbonyl (C=O) groups is 1. The van der Waals surface area contributed by atoms with Gasteiger partial charge in [-0.15, -0.1) is 0 Å². The number of rotatable bonds is 9. The smallest absolute Gasteiger partial charge is 0.369 e. The van der Waals surface area contributed by atoms with E-state index >= 15 is 0 Å². The van der Waals surface area contributed by atoms with Gasteiger partial charge in [-0.05, 0) is 116 Å². The molecule has 1 saturated carbocycles. The lowest BCUT2D eigenvalue weighted by atomic mass is 9.82. The molecular formula is C35H44N3O4+. The number of carbonyl (C=O) groups excluding carboxylic acids is 1. The second-order valence-electron chi connectivity index (χ2n) is 13.0. The van der Waals surface area contributed by atoms with Crippen molar-refractivity contribution in [3.05, 3.63) is 77.0 Å². The molecule has 222 valence electrons. The predicted octanol–water partition coefficient (Wildman–Crippen LogP) is 6.03. The lowest BCUT2D eigenvalue weighted by Crippen LogP contribution is -2.52. The van der Waals surface area contributed by atoms with E-state index in [-0.39, 0.29) is 29.4 Å². The van der Waals surface area contributed by atoms with Gasteiger partial charge in [0.1, 0.15) is 11.9 Å². The summed E-state index contributed by atoms with van der Waals surface area (Å²) in [6.07, 6.45) is 8.39. The lowest BCUT2D eigenvalue weighted by Gasteiger charge is -2.34. The molecule has 3 aromatic rings. The lowest BCUT2D eigenvalue weighted by molar-refractivity contribution is -0.658. The van der Waals surface area contributed by atoms with Crippen molar-refractivity contribution in [1.29, 1.82) is 0 Å². The molecule has 0 spiro atoms. The zero-order valence-corrected chi connectivity index (χ0v) is 25.4. The number of likely N-dealkylation sites (tertiary alicyclic amines) is 1. The van der Waals surface area contributed by atoms with E-state index in [1.54, 1.807) is 13.3 Å². The van der Waals surface area contributed by atoms with Crippen LogP contribution in [0.15, 0.2) is 54.7 Å². The maximum absolute atomic E-state index is 12.4. The van der Waals surface area contributed by atoms with Crippen LogP contribution in [0.5, 0.6) is 11.6 Å². The van der Waals surface area contributed by atoms with E-state index in [4.69, 9.17) is 14.3 Å². The number of aryl methyl sites for hydroxylation is 1. The number of hydrogen-bond donors (Lipinski definition) is 1. The number of aromatic nitrogens is 1. The Morgan fingerprint density at radius 2 is 1.93 bits per heavy atom. The number of quaternary nitrogens is 1. The van der Waals surface area contributed by atoms with Gasteiger partial charge in [0, 0.05) is 30.3 Å². The van der Waals surface area contributed by atoms with Gasteiger partial charge in [0.2, 0.25) is 5.88 Å². The molecule has 3 heterocycles. The first kappa shape index (κ1) is 28.7. The van der Waals surface area contributed by atoms with Crippen LogP contribution in [0.4, 0.5) is 0 Å². The van der Waals surface area contributed by atoms with E-state index in [0.717, 1.165) is 61.2 Å². The van der Waals surface area contributed by atoms with Crippen molar-refractivity contribution in [2.45, 2.75) is 83.4 Å². The Morgan fingerprint density at radius 1 is 1.12 bits per heavy atom. The Kier molecular flexibility index (Phi) is 7.99. The van der Waals surface area contributed by atoms with E-state index in [1.807, 2.05) is 19.1 Å². The Hall–Kier alpha value is -3.42. The average molecular weight is 571 g/mol. The van der Waals surface area contributed by atoms with Crippen LogP contribution in [0, 0.1) is 11.8 Å². The number of methoxy groups -OCH3 is 1. The summed E-state index contributed by atoms with van der Waals surface area (Å²) in [5.41, 5.74) is 7.39. The van der Waals surface area contributed by atoms with Crippen molar-refractivity contribution in [2.75, 3.05) is 13.7 Å². The summed E-state index contributed by atoms with van der Waals surface area (Å²) < 4.78 is 12.2. The van der Waals surface area contributed by atoms with E-state index in [2.05, 4.69) is 66.0 Å². The molecule has 0 radical (unpaired) electrons. The molecular weight excluding hydrogens is 526 g/mol. The molecule has 42 heavy (non-hydrogen) atoms. The Balaban J connectivity index is 1.33. The van der Waals surface area contributed by atoms with Crippen LogP contribution in [-0.2, 0) is 22.6 Å². The zero-order valence-electron chi connectivity index (χ0n) is 25.4. The molecule has 1 saturated heterocycles. The number of benzene rings is 2. The van der Waals surface area contributed by atoms with Crippen LogP contribution in [0.3, 0.4) is 0 Å². The van der Waals surface area contributed by atoms with Gasteiger partial charge in [-0.3, -0.25) is 9.74 Å². The first-order valence-electron chi connectivity index (χ1n) is 15.4. The van der Waals surface area contributed by atoms with Gasteiger partial charge in [-0.25, -0.2) is 9.78 Å². The van der Waals surface area contributed by atoms with Crippen molar-refractivity contribution in [1.82, 2.24) is 9.88 Å². The normalized spacial score (nSPS) is 21.2. The monoisotopic (exact) mass is 570 g/mol. The van der Waals surface area contributed by atoms with E-state index < -0.39 is 0 Å². The molecule has 1 aromatic heterocycles. The van der Waals surface area contributed by atoms with Gasteiger partial charge in [0.15, 0.2) is 0 Å². The van der Waals surface area contributed by atoms with Crippen LogP contribution in [0.2, 0.25) is 0 Å². The van der Waals surface area contributed by atoms with Crippen molar-refractivity contribution in [2.24, 2.45) is 11.8 Å². The average Bonchev–Trinajstić information content (AvgIpc) is 3.79. The highest BCUT2D eigenvalue weighted by Crippen LogP contribution is 2.48. The summed E-state index contributed by atoms with van der Waals surface area (Å²) >= 11 is 0. The maximum atomic E-state index is 12.4. The first-order chi connectivity index (χ1) is 20.3. The second-order valence-corrected chi connectivity index (χ2v) is 13.0. The predicted molar refractivity (Wildman–Crippen MR) is 162 cm³/mol. The SMILES string of the molecule is COc1cc(-c2ccc(C3CCc4ccc(C(C5CC5)C(C)C(=O)O[NH3+])cc4O3)c(CN3CCCC3(C)C)c2)ccn1. The molecule has 6 rings (SSSR count). The van der Waals surface area contributed by atoms with Gasteiger partial charge in [0.25, 0.3) is 0 Å². The third-order valence-electron chi connectivity index (χ3n) is 9.80. The standard InChI is InChI=1S/C35H44N3O4/c1-22(34(39)42-36)33(24-7-8-24)27-9-6-23-11-13-30(41-31(23)19-27)29-12-10-25(26-14-16-37-32(20-26)40-4)18-28(29)21-38-17-5-15-35(38,2)3/h6,9-10,12,14,16,18-20,22,24,30,33H,5,7-8,11,13,15,17,21H2,1-4,36H3/q+1. The topological polar surface area (TPSA) is 88.5 Å². The number of nitrogens with zero attached hydrogens (tertiary/aromatic N) is 2. The minimum atomic E-state index is -0.246. The van der Waals surface area contributed by atoms with Crippen molar-refractivity contribution in [3.8, 4) is 22.8 Å². The molecule has 7 heteroatoms.